The summed E-state index contributed by atoms with van der Waals surface area (Å²) < 4.78 is 0. The molecule has 16 heavy (non-hydrogen) atoms. The molecule has 1 aromatic carbocycles. The zero-order chi connectivity index (χ0) is 11.5. The molecule has 1 fully saturated rings. The summed E-state index contributed by atoms with van der Waals surface area (Å²) in [6.07, 6.45) is 3.85. The van der Waals surface area contributed by atoms with Crippen molar-refractivity contribution in [2.45, 2.75) is 37.8 Å². The average molecular weight is 260 g/mol. The Morgan fingerprint density at radius 3 is 2.31 bits per heavy atom. The molecule has 1 aliphatic rings. The maximum absolute atomic E-state index is 9.84. The minimum atomic E-state index is -0.272. The molecule has 0 amide bonds. The number of anilines is 1. The van der Waals surface area contributed by atoms with Crippen LogP contribution in [0.15, 0.2) is 18.2 Å². The number of nitrogens with one attached hydrogen (secondary N) is 1. The van der Waals surface area contributed by atoms with Gasteiger partial charge >= 0.3 is 0 Å². The highest BCUT2D eigenvalue weighted by Crippen LogP contribution is 2.26. The fourth-order valence-corrected chi connectivity index (χ4v) is 2.66. The lowest BCUT2D eigenvalue weighted by Crippen LogP contribution is -2.36. The molecular weight excluding hydrogens is 245 g/mol. The second-order valence-corrected chi connectivity index (χ2v) is 5.13. The van der Waals surface area contributed by atoms with Crippen molar-refractivity contribution < 1.29 is 5.11 Å². The molecule has 0 unspecified atom stereocenters. The molecule has 0 radical (unpaired) electrons. The zero-order valence-corrected chi connectivity index (χ0v) is 10.4. The van der Waals surface area contributed by atoms with Crippen LogP contribution in [0.5, 0.6) is 0 Å². The summed E-state index contributed by atoms with van der Waals surface area (Å²) in [5, 5.41) is 14.4. The summed E-state index contributed by atoms with van der Waals surface area (Å²) in [5.74, 6) is 0. The van der Waals surface area contributed by atoms with Gasteiger partial charge in [-0.1, -0.05) is 36.0 Å². The molecular formula is C12H15Cl2NO. The Morgan fingerprint density at radius 2 is 1.69 bits per heavy atom. The van der Waals surface area contributed by atoms with Gasteiger partial charge in [0.2, 0.25) is 0 Å². The van der Waals surface area contributed by atoms with Gasteiger partial charge in [-0.25, -0.2) is 0 Å². The van der Waals surface area contributed by atoms with Crippen LogP contribution >= 0.6 is 23.2 Å². The highest BCUT2D eigenvalue weighted by molar-refractivity contribution is 6.35. The lowest BCUT2D eigenvalue weighted by atomic mass is 9.92. The predicted octanol–water partition coefficient (Wildman–Crippen LogP) is 3.71. The number of rotatable bonds is 2. The third-order valence-electron chi connectivity index (χ3n) is 2.94. The summed E-state index contributed by atoms with van der Waals surface area (Å²) in [6, 6.07) is 5.47. The van der Waals surface area contributed by atoms with E-state index in [0.29, 0.717) is 10.0 Å². The maximum Gasteiger partial charge on any atom is 0.0741 e. The van der Waals surface area contributed by atoms with Crippen LogP contribution in [0.4, 0.5) is 5.69 Å². The van der Waals surface area contributed by atoms with E-state index in [1.54, 1.807) is 6.07 Å². The van der Waals surface area contributed by atoms with E-state index in [1.165, 1.54) is 0 Å². The smallest absolute Gasteiger partial charge is 0.0741 e. The van der Waals surface area contributed by atoms with Crippen molar-refractivity contribution >= 4 is 28.9 Å². The maximum atomic E-state index is 9.84. The Kier molecular flexibility index (Phi) is 3.95. The van der Waals surface area contributed by atoms with Crippen LogP contribution in [-0.4, -0.2) is 17.3 Å². The van der Waals surface area contributed by atoms with Gasteiger partial charge in [-0.05, 0) is 31.0 Å². The molecule has 0 saturated heterocycles. The molecule has 0 spiro atoms. The minimum Gasteiger partial charge on any atom is -0.391 e. The summed E-state index contributed by atoms with van der Waals surface area (Å²) in [5.41, 5.74) is 0.878. The molecule has 88 valence electrons. The van der Waals surface area contributed by atoms with Crippen molar-refractivity contribution in [1.29, 1.82) is 0 Å². The van der Waals surface area contributed by atoms with Crippen molar-refractivity contribution in [1.82, 2.24) is 0 Å². The first-order valence-corrected chi connectivity index (χ1v) is 6.31. The Labute approximate surface area is 106 Å². The third kappa shape index (κ3) is 3.03. The molecule has 0 aromatic heterocycles. The molecule has 2 atom stereocenters. The molecule has 0 heterocycles. The lowest BCUT2D eigenvalue weighted by Gasteiger charge is -2.29. The number of halogens is 2. The Bertz CT molecular complexity index is 350. The van der Waals surface area contributed by atoms with Crippen molar-refractivity contribution in [3.05, 3.63) is 28.2 Å². The lowest BCUT2D eigenvalue weighted by molar-refractivity contribution is 0.116. The average Bonchev–Trinajstić information content (AvgIpc) is 2.20. The first kappa shape index (κ1) is 12.0. The zero-order valence-electron chi connectivity index (χ0n) is 8.92. The van der Waals surface area contributed by atoms with Crippen molar-refractivity contribution in [3.63, 3.8) is 0 Å². The highest BCUT2D eigenvalue weighted by Gasteiger charge is 2.22. The molecule has 1 aromatic rings. The molecule has 2 nitrogen and oxygen atoms in total. The predicted molar refractivity (Wildman–Crippen MR) is 68.3 cm³/mol. The van der Waals surface area contributed by atoms with E-state index in [9.17, 15) is 5.11 Å². The topological polar surface area (TPSA) is 32.3 Å². The monoisotopic (exact) mass is 259 g/mol. The second kappa shape index (κ2) is 5.26. The first-order valence-electron chi connectivity index (χ1n) is 5.56. The quantitative estimate of drug-likeness (QED) is 0.849. The van der Waals surface area contributed by atoms with Crippen LogP contribution in [0.2, 0.25) is 10.0 Å². The van der Waals surface area contributed by atoms with Crippen LogP contribution in [0.3, 0.4) is 0 Å². The van der Waals surface area contributed by atoms with Gasteiger partial charge in [0.05, 0.1) is 12.1 Å². The van der Waals surface area contributed by atoms with E-state index < -0.39 is 0 Å². The van der Waals surface area contributed by atoms with Crippen molar-refractivity contribution in [2.75, 3.05) is 5.32 Å². The second-order valence-electron chi connectivity index (χ2n) is 4.26. The van der Waals surface area contributed by atoms with Crippen LogP contribution in [0, 0.1) is 0 Å². The summed E-state index contributed by atoms with van der Waals surface area (Å²) in [4.78, 5) is 0. The Balaban J connectivity index is 2.07. The molecule has 1 aliphatic carbocycles. The van der Waals surface area contributed by atoms with Gasteiger partial charge < -0.3 is 10.4 Å². The highest BCUT2D eigenvalue weighted by atomic mass is 35.5. The van der Waals surface area contributed by atoms with Gasteiger partial charge in [-0.15, -0.1) is 0 Å². The van der Waals surface area contributed by atoms with E-state index in [-0.39, 0.29) is 12.1 Å². The fourth-order valence-electron chi connectivity index (χ4n) is 2.13. The van der Waals surface area contributed by atoms with Gasteiger partial charge in [0.25, 0.3) is 0 Å². The summed E-state index contributed by atoms with van der Waals surface area (Å²) >= 11 is 11.8. The molecule has 0 aliphatic heterocycles. The number of aliphatic hydroxyl groups excluding tert-OH is 1. The number of benzene rings is 1. The fraction of sp³-hybridized carbons (Fsp3) is 0.500. The molecule has 2 N–H and O–H groups in total. The minimum absolute atomic E-state index is 0.114. The van der Waals surface area contributed by atoms with Crippen LogP contribution in [0.1, 0.15) is 25.7 Å². The van der Waals surface area contributed by atoms with E-state index >= 15 is 0 Å². The largest absolute Gasteiger partial charge is 0.391 e. The van der Waals surface area contributed by atoms with E-state index in [0.717, 1.165) is 31.4 Å². The number of aliphatic hydroxyl groups is 1. The third-order valence-corrected chi connectivity index (χ3v) is 3.38. The molecule has 2 rings (SSSR count). The van der Waals surface area contributed by atoms with Gasteiger partial charge in [-0.3, -0.25) is 0 Å². The molecule has 0 bridgehead atoms. The number of hydrogen-bond acceptors (Lipinski definition) is 2. The van der Waals surface area contributed by atoms with Gasteiger partial charge in [0, 0.05) is 15.7 Å². The standard InChI is InChI=1S/C12H15Cl2NO/c13-8-5-9(14)7-10(6-8)15-11-3-1-2-4-12(11)16/h5-7,11-12,15-16H,1-4H2/t11-,12-/m0/s1. The number of hydrogen-bond donors (Lipinski definition) is 2. The van der Waals surface area contributed by atoms with Crippen LogP contribution < -0.4 is 5.32 Å². The van der Waals surface area contributed by atoms with Crippen molar-refractivity contribution in [3.8, 4) is 0 Å². The van der Waals surface area contributed by atoms with E-state index in [2.05, 4.69) is 5.32 Å². The molecule has 1 saturated carbocycles. The van der Waals surface area contributed by atoms with Gasteiger partial charge in [0.15, 0.2) is 0 Å². The SMILES string of the molecule is O[C@H]1CCCC[C@@H]1Nc1cc(Cl)cc(Cl)c1. The summed E-state index contributed by atoms with van der Waals surface area (Å²) in [6.45, 7) is 0. The Hall–Kier alpha value is -0.440. The van der Waals surface area contributed by atoms with Gasteiger partial charge in [-0.2, -0.15) is 0 Å². The van der Waals surface area contributed by atoms with E-state index in [1.807, 2.05) is 12.1 Å². The normalized spacial score (nSPS) is 25.4. The van der Waals surface area contributed by atoms with Crippen molar-refractivity contribution in [2.24, 2.45) is 0 Å². The molecule has 4 heteroatoms. The van der Waals surface area contributed by atoms with E-state index in [4.69, 9.17) is 23.2 Å². The summed E-state index contributed by atoms with van der Waals surface area (Å²) in [7, 11) is 0. The van der Waals surface area contributed by atoms with Gasteiger partial charge in [0.1, 0.15) is 0 Å². The first-order chi connectivity index (χ1) is 7.65. The van der Waals surface area contributed by atoms with Crippen LogP contribution in [-0.2, 0) is 0 Å². The Morgan fingerprint density at radius 1 is 1.06 bits per heavy atom. The van der Waals surface area contributed by atoms with Crippen LogP contribution in [0.25, 0.3) is 0 Å².